The maximum atomic E-state index is 12.8. The summed E-state index contributed by atoms with van der Waals surface area (Å²) in [6.07, 6.45) is 1.15. The summed E-state index contributed by atoms with van der Waals surface area (Å²) >= 11 is 0. The van der Waals surface area contributed by atoms with Gasteiger partial charge in [0.25, 0.3) is 11.5 Å². The molecule has 2 aromatic carbocycles. The third-order valence-corrected chi connectivity index (χ3v) is 5.15. The Morgan fingerprint density at radius 2 is 1.63 bits per heavy atom. The van der Waals surface area contributed by atoms with Crippen LogP contribution >= 0.6 is 0 Å². The molecule has 4 rings (SSSR count). The SMILES string of the molecule is CCOC(=O)N1CCN(C(=O)c2ccc(-n3cnc4ccccc4c3=O)cc2)CC1. The average molecular weight is 406 g/mol. The summed E-state index contributed by atoms with van der Waals surface area (Å²) < 4.78 is 6.47. The minimum absolute atomic E-state index is 0.103. The molecule has 154 valence electrons. The Kier molecular flexibility index (Phi) is 5.47. The predicted octanol–water partition coefficient (Wildman–Crippen LogP) is 2.30. The second-order valence-corrected chi connectivity index (χ2v) is 6.96. The average Bonchev–Trinajstić information content (AvgIpc) is 2.79. The number of carbonyl (C=O) groups excluding carboxylic acids is 2. The number of hydrogen-bond acceptors (Lipinski definition) is 5. The second-order valence-electron chi connectivity index (χ2n) is 6.96. The van der Waals surface area contributed by atoms with Gasteiger partial charge in [-0.25, -0.2) is 9.78 Å². The molecule has 1 aromatic heterocycles. The fourth-order valence-electron chi connectivity index (χ4n) is 3.51. The molecule has 8 heteroatoms. The molecule has 1 aliphatic heterocycles. The third-order valence-electron chi connectivity index (χ3n) is 5.15. The quantitative estimate of drug-likeness (QED) is 0.666. The normalized spacial score (nSPS) is 14.0. The number of fused-ring (bicyclic) bond motifs is 1. The highest BCUT2D eigenvalue weighted by Crippen LogP contribution is 2.14. The molecule has 0 aliphatic carbocycles. The first kappa shape index (κ1) is 19.6. The van der Waals surface area contributed by atoms with Gasteiger partial charge in [0, 0.05) is 31.7 Å². The molecular weight excluding hydrogens is 384 g/mol. The second kappa shape index (κ2) is 8.36. The van der Waals surface area contributed by atoms with Gasteiger partial charge in [-0.2, -0.15) is 0 Å². The lowest BCUT2D eigenvalue weighted by molar-refractivity contribution is 0.0570. The Bertz CT molecular complexity index is 1130. The zero-order chi connectivity index (χ0) is 21.1. The summed E-state index contributed by atoms with van der Waals surface area (Å²) in [4.78, 5) is 45.0. The zero-order valence-electron chi connectivity index (χ0n) is 16.7. The molecule has 1 saturated heterocycles. The fraction of sp³-hybridized carbons (Fsp3) is 0.273. The van der Waals surface area contributed by atoms with E-state index in [1.54, 1.807) is 59.2 Å². The Balaban J connectivity index is 1.48. The predicted molar refractivity (Wildman–Crippen MR) is 112 cm³/mol. The van der Waals surface area contributed by atoms with Crippen LogP contribution in [0.1, 0.15) is 17.3 Å². The van der Waals surface area contributed by atoms with Crippen molar-refractivity contribution in [1.29, 1.82) is 0 Å². The molecule has 0 radical (unpaired) electrons. The van der Waals surface area contributed by atoms with E-state index in [0.717, 1.165) is 0 Å². The van der Waals surface area contributed by atoms with Gasteiger partial charge in [0.1, 0.15) is 6.33 Å². The van der Waals surface area contributed by atoms with Crippen LogP contribution in [0.15, 0.2) is 59.7 Å². The van der Waals surface area contributed by atoms with Crippen LogP contribution in [0.5, 0.6) is 0 Å². The van der Waals surface area contributed by atoms with Crippen LogP contribution in [0.25, 0.3) is 16.6 Å². The molecule has 3 aromatic rings. The van der Waals surface area contributed by atoms with Crippen molar-refractivity contribution in [2.75, 3.05) is 32.8 Å². The van der Waals surface area contributed by atoms with Gasteiger partial charge < -0.3 is 14.5 Å². The van der Waals surface area contributed by atoms with Crippen molar-refractivity contribution in [1.82, 2.24) is 19.4 Å². The lowest BCUT2D eigenvalue weighted by Gasteiger charge is -2.34. The van der Waals surface area contributed by atoms with Crippen LogP contribution in [0.3, 0.4) is 0 Å². The lowest BCUT2D eigenvalue weighted by atomic mass is 10.1. The number of para-hydroxylation sites is 1. The van der Waals surface area contributed by atoms with E-state index in [9.17, 15) is 14.4 Å². The molecule has 8 nitrogen and oxygen atoms in total. The van der Waals surface area contributed by atoms with Crippen LogP contribution in [-0.2, 0) is 4.74 Å². The maximum Gasteiger partial charge on any atom is 0.409 e. The number of rotatable bonds is 3. The van der Waals surface area contributed by atoms with Crippen LogP contribution in [-0.4, -0.2) is 64.1 Å². The Hall–Kier alpha value is -3.68. The first-order valence-electron chi connectivity index (χ1n) is 9.86. The summed E-state index contributed by atoms with van der Waals surface area (Å²) in [7, 11) is 0. The van der Waals surface area contributed by atoms with Crippen LogP contribution < -0.4 is 5.56 Å². The molecule has 0 saturated carbocycles. The van der Waals surface area contributed by atoms with Gasteiger partial charge >= 0.3 is 6.09 Å². The molecule has 30 heavy (non-hydrogen) atoms. The lowest BCUT2D eigenvalue weighted by Crippen LogP contribution is -2.50. The van der Waals surface area contributed by atoms with Gasteiger partial charge in [-0.05, 0) is 43.3 Å². The Labute approximate surface area is 173 Å². The van der Waals surface area contributed by atoms with E-state index in [4.69, 9.17) is 4.74 Å². The van der Waals surface area contributed by atoms with E-state index >= 15 is 0 Å². The van der Waals surface area contributed by atoms with Crippen molar-refractivity contribution in [2.45, 2.75) is 6.92 Å². The topological polar surface area (TPSA) is 84.7 Å². The summed E-state index contributed by atoms with van der Waals surface area (Å²) in [6, 6.07) is 14.1. The van der Waals surface area contributed by atoms with Gasteiger partial charge in [-0.15, -0.1) is 0 Å². The molecule has 1 aliphatic rings. The molecular formula is C22H22N4O4. The number of hydrogen-bond donors (Lipinski definition) is 0. The van der Waals surface area contributed by atoms with Gasteiger partial charge in [-0.3, -0.25) is 14.2 Å². The van der Waals surface area contributed by atoms with Crippen molar-refractivity contribution in [3.63, 3.8) is 0 Å². The number of amides is 2. The smallest absolute Gasteiger partial charge is 0.409 e. The van der Waals surface area contributed by atoms with Crippen LogP contribution in [0, 0.1) is 0 Å². The van der Waals surface area contributed by atoms with E-state index in [1.165, 1.54) is 10.9 Å². The first-order chi connectivity index (χ1) is 14.6. The highest BCUT2D eigenvalue weighted by molar-refractivity contribution is 5.94. The largest absolute Gasteiger partial charge is 0.450 e. The maximum absolute atomic E-state index is 12.8. The third kappa shape index (κ3) is 3.76. The minimum Gasteiger partial charge on any atom is -0.450 e. The van der Waals surface area contributed by atoms with Gasteiger partial charge in [-0.1, -0.05) is 12.1 Å². The summed E-state index contributed by atoms with van der Waals surface area (Å²) in [5, 5.41) is 0.541. The van der Waals surface area contributed by atoms with Crippen LogP contribution in [0.2, 0.25) is 0 Å². The number of ether oxygens (including phenoxy) is 1. The monoisotopic (exact) mass is 406 g/mol. The van der Waals surface area contributed by atoms with Gasteiger partial charge in [0.05, 0.1) is 23.2 Å². The van der Waals surface area contributed by atoms with Crippen molar-refractivity contribution in [2.24, 2.45) is 0 Å². The number of carbonyl (C=O) groups is 2. The van der Waals surface area contributed by atoms with E-state index in [0.29, 0.717) is 54.9 Å². The summed E-state index contributed by atoms with van der Waals surface area (Å²) in [5.74, 6) is -0.103. The number of aromatic nitrogens is 2. The van der Waals surface area contributed by atoms with Crippen molar-refractivity contribution >= 4 is 22.9 Å². The standard InChI is InChI=1S/C22H22N4O4/c1-2-30-22(29)25-13-11-24(12-14-25)20(27)16-7-9-17(10-8-16)26-15-23-19-6-4-3-5-18(19)21(26)28/h3-10,15H,2,11-14H2,1H3. The fourth-order valence-corrected chi connectivity index (χ4v) is 3.51. The van der Waals surface area contributed by atoms with E-state index in [2.05, 4.69) is 4.98 Å². The molecule has 0 unspecified atom stereocenters. The Morgan fingerprint density at radius 3 is 2.33 bits per heavy atom. The van der Waals surface area contributed by atoms with Crippen molar-refractivity contribution in [3.8, 4) is 5.69 Å². The van der Waals surface area contributed by atoms with Crippen molar-refractivity contribution < 1.29 is 14.3 Å². The van der Waals surface area contributed by atoms with E-state index in [-0.39, 0.29) is 17.6 Å². The highest BCUT2D eigenvalue weighted by atomic mass is 16.6. The summed E-state index contributed by atoms with van der Waals surface area (Å²) in [5.41, 5.74) is 1.66. The molecule has 0 atom stereocenters. The Morgan fingerprint density at radius 1 is 0.967 bits per heavy atom. The summed E-state index contributed by atoms with van der Waals surface area (Å²) in [6.45, 7) is 3.89. The van der Waals surface area contributed by atoms with Gasteiger partial charge in [0.2, 0.25) is 0 Å². The molecule has 0 spiro atoms. The number of benzene rings is 2. The first-order valence-corrected chi connectivity index (χ1v) is 9.86. The highest BCUT2D eigenvalue weighted by Gasteiger charge is 2.25. The number of piperazine rings is 1. The zero-order valence-corrected chi connectivity index (χ0v) is 16.7. The molecule has 2 amide bonds. The molecule has 2 heterocycles. The van der Waals surface area contributed by atoms with Crippen molar-refractivity contribution in [3.05, 3.63) is 70.8 Å². The molecule has 0 N–H and O–H groups in total. The molecule has 0 bridgehead atoms. The number of nitrogens with zero attached hydrogens (tertiary/aromatic N) is 4. The van der Waals surface area contributed by atoms with E-state index in [1.807, 2.05) is 6.07 Å². The van der Waals surface area contributed by atoms with Crippen LogP contribution in [0.4, 0.5) is 4.79 Å². The minimum atomic E-state index is -0.344. The van der Waals surface area contributed by atoms with Gasteiger partial charge in [0.15, 0.2) is 0 Å². The van der Waals surface area contributed by atoms with E-state index < -0.39 is 0 Å². The molecule has 1 fully saturated rings.